The summed E-state index contributed by atoms with van der Waals surface area (Å²) < 4.78 is 4.56. The summed E-state index contributed by atoms with van der Waals surface area (Å²) in [5.74, 6) is -1.59. The number of carbonyl (C=O) groups excluding carboxylic acids is 3. The summed E-state index contributed by atoms with van der Waals surface area (Å²) >= 11 is 0. The lowest BCUT2D eigenvalue weighted by Gasteiger charge is -2.28. The molecule has 1 aliphatic carbocycles. The predicted octanol–water partition coefficient (Wildman–Crippen LogP) is -0.482. The Bertz CT molecular complexity index is 417. The molecule has 2 amide bonds. The third-order valence-corrected chi connectivity index (χ3v) is 4.03. The van der Waals surface area contributed by atoms with E-state index in [2.05, 4.69) is 4.74 Å². The molecule has 1 saturated carbocycles. The minimum atomic E-state index is -1.36. The number of rotatable bonds is 3. The smallest absolute Gasteiger partial charge is 0.327 e. The van der Waals surface area contributed by atoms with Gasteiger partial charge in [0.1, 0.15) is 5.54 Å². The van der Waals surface area contributed by atoms with Crippen LogP contribution in [0.4, 0.5) is 0 Å². The molecular weight excluding hydrogens is 236 g/mol. The molecule has 3 unspecified atom stereocenters. The van der Waals surface area contributed by atoms with E-state index in [1.165, 1.54) is 14.0 Å². The van der Waals surface area contributed by atoms with Crippen LogP contribution in [0.2, 0.25) is 0 Å². The Morgan fingerprint density at radius 2 is 1.83 bits per heavy atom. The average Bonchev–Trinajstić information content (AvgIpc) is 2.75. The molecule has 0 radical (unpaired) electrons. The van der Waals surface area contributed by atoms with Gasteiger partial charge in [0.05, 0.1) is 25.5 Å². The second-order valence-corrected chi connectivity index (χ2v) is 5.95. The zero-order valence-electron chi connectivity index (χ0n) is 11.0. The van der Waals surface area contributed by atoms with Crippen molar-refractivity contribution in [1.82, 2.24) is 4.90 Å². The van der Waals surface area contributed by atoms with Crippen molar-refractivity contribution < 1.29 is 19.1 Å². The summed E-state index contributed by atoms with van der Waals surface area (Å²) in [6.07, 6.45) is 0. The van der Waals surface area contributed by atoms with Gasteiger partial charge in [-0.15, -0.1) is 0 Å². The average molecular weight is 254 g/mol. The van der Waals surface area contributed by atoms with Crippen LogP contribution in [-0.4, -0.2) is 41.9 Å². The quantitative estimate of drug-likeness (QED) is 0.542. The van der Waals surface area contributed by atoms with Crippen LogP contribution in [0.15, 0.2) is 0 Å². The number of likely N-dealkylation sites (tertiary alicyclic amines) is 1. The van der Waals surface area contributed by atoms with Crippen molar-refractivity contribution in [3.05, 3.63) is 0 Å². The van der Waals surface area contributed by atoms with Gasteiger partial charge in [0, 0.05) is 0 Å². The highest BCUT2D eigenvalue weighted by Gasteiger charge is 2.72. The van der Waals surface area contributed by atoms with E-state index in [-0.39, 0.29) is 35.6 Å². The first kappa shape index (κ1) is 13.0. The molecule has 0 spiro atoms. The van der Waals surface area contributed by atoms with E-state index < -0.39 is 11.5 Å². The molecule has 2 N–H and O–H groups in total. The summed E-state index contributed by atoms with van der Waals surface area (Å²) in [4.78, 5) is 36.7. The number of amides is 2. The molecule has 2 aliphatic rings. The molecular formula is C12H18N2O4. The van der Waals surface area contributed by atoms with Gasteiger partial charge in [-0.3, -0.25) is 19.3 Å². The Morgan fingerprint density at radius 1 is 1.39 bits per heavy atom. The monoisotopic (exact) mass is 254 g/mol. The van der Waals surface area contributed by atoms with Gasteiger partial charge < -0.3 is 10.5 Å². The Kier molecular flexibility index (Phi) is 2.56. The molecule has 2 fully saturated rings. The van der Waals surface area contributed by atoms with Crippen molar-refractivity contribution in [1.29, 1.82) is 0 Å². The zero-order valence-corrected chi connectivity index (χ0v) is 11.0. The molecule has 1 heterocycles. The lowest BCUT2D eigenvalue weighted by Crippen LogP contribution is -2.56. The lowest BCUT2D eigenvalue weighted by atomic mass is 10.0. The zero-order chi connectivity index (χ0) is 13.9. The van der Waals surface area contributed by atoms with E-state index in [0.29, 0.717) is 0 Å². The number of methoxy groups -OCH3 is 1. The number of fused-ring (bicyclic) bond motifs is 1. The summed E-state index contributed by atoms with van der Waals surface area (Å²) in [6, 6.07) is 0. The number of nitrogens with zero attached hydrogens (tertiary/aromatic N) is 1. The first-order valence-electron chi connectivity index (χ1n) is 5.87. The minimum Gasteiger partial charge on any atom is -0.468 e. The molecule has 1 aliphatic heterocycles. The van der Waals surface area contributed by atoms with Crippen LogP contribution in [0.3, 0.4) is 0 Å². The summed E-state index contributed by atoms with van der Waals surface area (Å²) in [5.41, 5.74) is 4.17. The van der Waals surface area contributed by atoms with E-state index in [4.69, 9.17) is 5.73 Å². The van der Waals surface area contributed by atoms with Crippen molar-refractivity contribution >= 4 is 17.8 Å². The number of carbonyl (C=O) groups is 3. The number of nitrogens with two attached hydrogens (primary N) is 1. The van der Waals surface area contributed by atoms with Crippen LogP contribution < -0.4 is 5.73 Å². The number of hydrogen-bond donors (Lipinski definition) is 1. The molecule has 3 atom stereocenters. The topological polar surface area (TPSA) is 89.7 Å². The van der Waals surface area contributed by atoms with Crippen molar-refractivity contribution in [3.8, 4) is 0 Å². The van der Waals surface area contributed by atoms with E-state index in [1.54, 1.807) is 0 Å². The van der Waals surface area contributed by atoms with E-state index >= 15 is 0 Å². The Balaban J connectivity index is 2.12. The molecule has 0 bridgehead atoms. The van der Waals surface area contributed by atoms with Crippen molar-refractivity contribution in [2.24, 2.45) is 23.0 Å². The first-order chi connectivity index (χ1) is 8.14. The molecule has 2 rings (SSSR count). The second-order valence-electron chi connectivity index (χ2n) is 5.95. The van der Waals surface area contributed by atoms with Crippen molar-refractivity contribution in [2.45, 2.75) is 26.3 Å². The van der Waals surface area contributed by atoms with Crippen molar-refractivity contribution in [2.75, 3.05) is 13.7 Å². The van der Waals surface area contributed by atoms with Gasteiger partial charge in [-0.2, -0.15) is 0 Å². The van der Waals surface area contributed by atoms with Gasteiger partial charge in [0.15, 0.2) is 0 Å². The molecule has 0 aromatic rings. The molecule has 0 aromatic heterocycles. The molecule has 18 heavy (non-hydrogen) atoms. The first-order valence-corrected chi connectivity index (χ1v) is 5.87. The number of hydrogen-bond acceptors (Lipinski definition) is 5. The van der Waals surface area contributed by atoms with Crippen LogP contribution in [-0.2, 0) is 19.1 Å². The Labute approximate surface area is 105 Å². The van der Waals surface area contributed by atoms with Gasteiger partial charge in [-0.1, -0.05) is 13.8 Å². The van der Waals surface area contributed by atoms with E-state index in [0.717, 1.165) is 4.90 Å². The summed E-state index contributed by atoms with van der Waals surface area (Å²) in [5, 5.41) is 0. The molecule has 6 nitrogen and oxygen atoms in total. The highest BCUT2D eigenvalue weighted by Crippen LogP contribution is 2.63. The molecule has 1 saturated heterocycles. The SMILES string of the molecule is COC(=O)C(C)(N)CN1C(=O)C2C(C1=O)C2(C)C. The fourth-order valence-corrected chi connectivity index (χ4v) is 2.79. The maximum Gasteiger partial charge on any atom is 0.327 e. The fraction of sp³-hybridized carbons (Fsp3) is 0.750. The normalized spacial score (nSPS) is 31.9. The number of piperidine rings is 1. The Hall–Kier alpha value is -1.43. The maximum atomic E-state index is 12.1. The van der Waals surface area contributed by atoms with Crippen molar-refractivity contribution in [3.63, 3.8) is 0 Å². The third-order valence-electron chi connectivity index (χ3n) is 4.03. The highest BCUT2D eigenvalue weighted by molar-refractivity contribution is 6.10. The van der Waals surface area contributed by atoms with Gasteiger partial charge in [0.25, 0.3) is 0 Å². The third kappa shape index (κ3) is 1.55. The fourth-order valence-electron chi connectivity index (χ4n) is 2.79. The Morgan fingerprint density at radius 3 is 2.22 bits per heavy atom. The number of esters is 1. The summed E-state index contributed by atoms with van der Waals surface area (Å²) in [7, 11) is 1.22. The predicted molar refractivity (Wildman–Crippen MR) is 62.1 cm³/mol. The van der Waals surface area contributed by atoms with E-state index in [1.807, 2.05) is 13.8 Å². The summed E-state index contributed by atoms with van der Waals surface area (Å²) in [6.45, 7) is 5.13. The van der Waals surface area contributed by atoms with E-state index in [9.17, 15) is 14.4 Å². The van der Waals surface area contributed by atoms with Gasteiger partial charge >= 0.3 is 5.97 Å². The molecule has 100 valence electrons. The van der Waals surface area contributed by atoms with Gasteiger partial charge in [-0.25, -0.2) is 0 Å². The highest BCUT2D eigenvalue weighted by atomic mass is 16.5. The van der Waals surface area contributed by atoms with Gasteiger partial charge in [0.2, 0.25) is 11.8 Å². The number of imide groups is 1. The maximum absolute atomic E-state index is 12.1. The standard InChI is InChI=1S/C12H18N2O4/c1-11(2)6-7(11)9(16)14(8(6)15)5-12(3,13)10(17)18-4/h6-7H,5,13H2,1-4H3. The van der Waals surface area contributed by atoms with Crippen LogP contribution in [0.25, 0.3) is 0 Å². The van der Waals surface area contributed by atoms with Crippen LogP contribution in [0, 0.1) is 17.3 Å². The molecule has 6 heteroatoms. The van der Waals surface area contributed by atoms with Crippen LogP contribution >= 0.6 is 0 Å². The lowest BCUT2D eigenvalue weighted by molar-refractivity contribution is -0.150. The van der Waals surface area contributed by atoms with Crippen LogP contribution in [0.1, 0.15) is 20.8 Å². The van der Waals surface area contributed by atoms with Gasteiger partial charge in [-0.05, 0) is 12.3 Å². The second kappa shape index (κ2) is 3.54. The largest absolute Gasteiger partial charge is 0.468 e. The van der Waals surface area contributed by atoms with Crippen LogP contribution in [0.5, 0.6) is 0 Å². The number of ether oxygens (including phenoxy) is 1. The molecule has 0 aromatic carbocycles. The minimum absolute atomic E-state index is 0.125.